The number of carbonyl (C=O) groups excluding carboxylic acids is 2. The normalized spacial score (nSPS) is 18.7. The molecular formula is C35H38FN11O4S. The molecule has 4 aromatic heterocycles. The van der Waals surface area contributed by atoms with Crippen LogP contribution in [0.1, 0.15) is 62.6 Å². The van der Waals surface area contributed by atoms with Crippen LogP contribution < -0.4 is 15.5 Å². The third-order valence-corrected chi connectivity index (χ3v) is 11.8. The third-order valence-electron chi connectivity index (χ3n) is 9.76. The van der Waals surface area contributed by atoms with Crippen molar-refractivity contribution in [1.29, 1.82) is 0 Å². The van der Waals surface area contributed by atoms with Gasteiger partial charge in [0.2, 0.25) is 11.8 Å². The Kier molecular flexibility index (Phi) is 8.69. The minimum absolute atomic E-state index is 0.0833. The number of nitrogens with zero attached hydrogens (tertiary/aromatic N) is 9. The summed E-state index contributed by atoms with van der Waals surface area (Å²) in [7, 11) is -3.49. The molecule has 3 fully saturated rings. The predicted molar refractivity (Wildman–Crippen MR) is 191 cm³/mol. The van der Waals surface area contributed by atoms with Crippen LogP contribution in [0.3, 0.4) is 0 Å². The van der Waals surface area contributed by atoms with Gasteiger partial charge in [-0.15, -0.1) is 0 Å². The van der Waals surface area contributed by atoms with Crippen LogP contribution in [-0.4, -0.2) is 90.5 Å². The zero-order chi connectivity index (χ0) is 36.1. The summed E-state index contributed by atoms with van der Waals surface area (Å²) in [6.45, 7) is 7.68. The molecule has 52 heavy (non-hydrogen) atoms. The molecule has 2 saturated heterocycles. The van der Waals surface area contributed by atoms with E-state index in [0.29, 0.717) is 54.4 Å². The smallest absolute Gasteiger partial charge is 0.256 e. The number of halogens is 1. The number of pyridine rings is 1. The Hall–Kier alpha value is -5.29. The highest BCUT2D eigenvalue weighted by Gasteiger charge is 2.38. The van der Waals surface area contributed by atoms with Crippen molar-refractivity contribution >= 4 is 50.2 Å². The number of hydrogen-bond donors (Lipinski definition) is 2. The maximum atomic E-state index is 15.1. The lowest BCUT2D eigenvalue weighted by molar-refractivity contribution is -0.134. The summed E-state index contributed by atoms with van der Waals surface area (Å²) in [5, 5.41) is 15.2. The van der Waals surface area contributed by atoms with Crippen molar-refractivity contribution in [1.82, 2.24) is 44.1 Å². The number of imide groups is 1. The molecule has 1 unspecified atom stereocenters. The van der Waals surface area contributed by atoms with Crippen LogP contribution >= 0.6 is 0 Å². The maximum Gasteiger partial charge on any atom is 0.256 e. The topological polar surface area (TPSA) is 173 Å². The van der Waals surface area contributed by atoms with Gasteiger partial charge in [-0.05, 0) is 50.8 Å². The molecule has 2 aliphatic heterocycles. The number of piperidine rings is 1. The lowest BCUT2D eigenvalue weighted by Gasteiger charge is -2.35. The average molecular weight is 728 g/mol. The van der Waals surface area contributed by atoms with Crippen LogP contribution in [0.15, 0.2) is 55.1 Å². The van der Waals surface area contributed by atoms with Crippen LogP contribution in [0.25, 0.3) is 22.3 Å². The van der Waals surface area contributed by atoms with Crippen LogP contribution in [0.4, 0.5) is 21.8 Å². The molecule has 2 N–H and O–H groups in total. The molecule has 15 nitrogen and oxygen atoms in total. The van der Waals surface area contributed by atoms with Gasteiger partial charge in [-0.3, -0.25) is 24.5 Å². The number of fused-ring (bicyclic) bond motifs is 1. The molecule has 5 aromatic rings. The monoisotopic (exact) mass is 727 g/mol. The van der Waals surface area contributed by atoms with Crippen molar-refractivity contribution in [2.75, 3.05) is 36.4 Å². The Morgan fingerprint density at radius 1 is 1.00 bits per heavy atom. The molecule has 17 heteroatoms. The van der Waals surface area contributed by atoms with E-state index in [-0.39, 0.29) is 23.6 Å². The van der Waals surface area contributed by atoms with Gasteiger partial charge in [0.1, 0.15) is 17.5 Å². The molecule has 6 heterocycles. The molecule has 1 aromatic carbocycles. The molecule has 3 aliphatic rings. The highest BCUT2D eigenvalue weighted by atomic mass is 32.2. The molecule has 1 saturated carbocycles. The van der Waals surface area contributed by atoms with E-state index < -0.39 is 27.7 Å². The number of piperazine rings is 1. The van der Waals surface area contributed by atoms with Gasteiger partial charge in [-0.1, -0.05) is 12.1 Å². The fraction of sp³-hybridized carbons (Fsp3) is 0.400. The van der Waals surface area contributed by atoms with Gasteiger partial charge < -0.3 is 10.2 Å². The Balaban J connectivity index is 0.942. The summed E-state index contributed by atoms with van der Waals surface area (Å²) < 4.78 is 43.3. The fourth-order valence-corrected chi connectivity index (χ4v) is 8.28. The van der Waals surface area contributed by atoms with Gasteiger partial charge in [-0.2, -0.15) is 14.3 Å². The highest BCUT2D eigenvalue weighted by molar-refractivity contribution is 7.90. The van der Waals surface area contributed by atoms with Crippen LogP contribution in [-0.2, 0) is 26.2 Å². The molecule has 8 rings (SSSR count). The van der Waals surface area contributed by atoms with E-state index in [1.54, 1.807) is 18.3 Å². The van der Waals surface area contributed by atoms with Crippen molar-refractivity contribution in [2.45, 2.75) is 63.3 Å². The molecule has 2 amide bonds. The molecule has 0 radical (unpaired) electrons. The van der Waals surface area contributed by atoms with Gasteiger partial charge in [0, 0.05) is 69.2 Å². The van der Waals surface area contributed by atoms with Gasteiger partial charge in [-0.25, -0.2) is 27.8 Å². The zero-order valence-electron chi connectivity index (χ0n) is 28.7. The van der Waals surface area contributed by atoms with Crippen molar-refractivity contribution < 1.29 is 22.4 Å². The van der Waals surface area contributed by atoms with Crippen molar-refractivity contribution in [2.24, 2.45) is 0 Å². The van der Waals surface area contributed by atoms with E-state index in [1.165, 1.54) is 18.5 Å². The number of amides is 2. The second-order valence-electron chi connectivity index (χ2n) is 13.8. The molecule has 1 aliphatic carbocycles. The first-order valence-electron chi connectivity index (χ1n) is 17.4. The first-order valence-corrected chi connectivity index (χ1v) is 18.9. The molecule has 1 atom stereocenters. The quantitative estimate of drug-likeness (QED) is 0.200. The van der Waals surface area contributed by atoms with E-state index >= 15 is 4.39 Å². The van der Waals surface area contributed by atoms with E-state index in [1.807, 2.05) is 23.0 Å². The first kappa shape index (κ1) is 33.8. The van der Waals surface area contributed by atoms with Crippen LogP contribution in [0.2, 0.25) is 0 Å². The van der Waals surface area contributed by atoms with Gasteiger partial charge in [0.05, 0.1) is 40.0 Å². The third kappa shape index (κ3) is 6.61. The van der Waals surface area contributed by atoms with Gasteiger partial charge in [0.15, 0.2) is 11.6 Å². The van der Waals surface area contributed by atoms with E-state index in [9.17, 15) is 18.0 Å². The number of rotatable bonds is 10. The Labute approximate surface area is 299 Å². The lowest BCUT2D eigenvalue weighted by Crippen LogP contribution is -2.46. The molecule has 270 valence electrons. The summed E-state index contributed by atoms with van der Waals surface area (Å²) in [5.41, 5.74) is 2.56. The molecule has 0 bridgehead atoms. The molecular weight excluding hydrogens is 690 g/mol. The second-order valence-corrected chi connectivity index (χ2v) is 15.9. The maximum absolute atomic E-state index is 15.1. The predicted octanol–water partition coefficient (Wildman–Crippen LogP) is 3.73. The minimum atomic E-state index is -3.49. The Morgan fingerprint density at radius 3 is 2.54 bits per heavy atom. The van der Waals surface area contributed by atoms with E-state index in [4.69, 9.17) is 5.10 Å². The summed E-state index contributed by atoms with van der Waals surface area (Å²) in [4.78, 5) is 41.9. The number of aromatic nitrogens is 7. The summed E-state index contributed by atoms with van der Waals surface area (Å²) in [6.07, 6.45) is 8.12. The second kappa shape index (κ2) is 13.4. The number of hydrogen-bond acceptors (Lipinski definition) is 12. The van der Waals surface area contributed by atoms with Crippen molar-refractivity contribution in [3.63, 3.8) is 0 Å². The van der Waals surface area contributed by atoms with Gasteiger partial charge in [0.25, 0.3) is 10.0 Å². The van der Waals surface area contributed by atoms with Gasteiger partial charge >= 0.3 is 0 Å². The summed E-state index contributed by atoms with van der Waals surface area (Å²) in [5.74, 6) is 0.411. The fourth-order valence-electron chi connectivity index (χ4n) is 6.81. The standard InChI is InChI=1S/C35H38FN11O4S/c1-21(2)47-29-16-31(40-30-9-10-37-33(41-30)23-17-39-46(20-23)52(50,51)24-4-5-24)38-18-27(29)34(43-47)45-13-11-44(12-14-45)19-22-3-6-25(28(36)15-22)26-7-8-32(48)42-35(26)49/h3,6,9-10,15-18,20-21,24,26H,4-5,7-8,11-14,19H2,1-2H3,(H,42,48,49)(H,37,38,40,41). The Morgan fingerprint density at radius 2 is 1.81 bits per heavy atom. The molecule has 0 spiro atoms. The minimum Gasteiger partial charge on any atom is -0.352 e. The highest BCUT2D eigenvalue weighted by Crippen LogP contribution is 2.33. The first-order chi connectivity index (χ1) is 25.0. The SMILES string of the molecule is CC(C)n1nc(N2CCN(Cc3ccc(C4CCC(=O)NC4=O)c(F)c3)CC2)c2cnc(Nc3ccnc(-c4cnn(S(=O)(=O)C5CC5)c4)n3)cc21. The largest absolute Gasteiger partial charge is 0.352 e. The van der Waals surface area contributed by atoms with Crippen LogP contribution in [0, 0.1) is 5.82 Å². The van der Waals surface area contributed by atoms with Crippen molar-refractivity contribution in [3.05, 3.63) is 72.1 Å². The van der Waals surface area contributed by atoms with E-state index in [2.05, 4.69) is 54.3 Å². The number of anilines is 3. The van der Waals surface area contributed by atoms with E-state index in [0.717, 1.165) is 52.6 Å². The number of carbonyl (C=O) groups is 2. The van der Waals surface area contributed by atoms with Crippen LogP contribution in [0.5, 0.6) is 0 Å². The average Bonchev–Trinajstić information content (AvgIpc) is 3.75. The number of benzene rings is 1. The summed E-state index contributed by atoms with van der Waals surface area (Å²) >= 11 is 0. The zero-order valence-corrected chi connectivity index (χ0v) is 29.6. The van der Waals surface area contributed by atoms with Crippen molar-refractivity contribution in [3.8, 4) is 11.4 Å². The Bertz CT molecular complexity index is 2290. The number of nitrogens with one attached hydrogen (secondary N) is 2. The lowest BCUT2D eigenvalue weighted by atomic mass is 9.89. The summed E-state index contributed by atoms with van der Waals surface area (Å²) in [6, 6.07) is 8.77.